The summed E-state index contributed by atoms with van der Waals surface area (Å²) in [6.45, 7) is 2.12. The van der Waals surface area contributed by atoms with E-state index in [1.165, 1.54) is 0 Å². The molecule has 1 saturated heterocycles. The van der Waals surface area contributed by atoms with Gasteiger partial charge in [0.25, 0.3) is 11.8 Å². The number of fused-ring (bicyclic) bond motifs is 1. The Bertz CT molecular complexity index is 924. The Kier molecular flexibility index (Phi) is 6.20. The van der Waals surface area contributed by atoms with Crippen molar-refractivity contribution in [2.45, 2.75) is 44.6 Å². The van der Waals surface area contributed by atoms with Gasteiger partial charge in [0.15, 0.2) is 18.1 Å². The highest BCUT2D eigenvalue weighted by Gasteiger charge is 2.52. The van der Waals surface area contributed by atoms with E-state index in [0.29, 0.717) is 49.2 Å². The molecule has 2 fully saturated rings. The van der Waals surface area contributed by atoms with Gasteiger partial charge in [0, 0.05) is 18.2 Å². The van der Waals surface area contributed by atoms with Gasteiger partial charge in [0.2, 0.25) is 0 Å². The van der Waals surface area contributed by atoms with Crippen LogP contribution in [0.3, 0.4) is 0 Å². The Morgan fingerprint density at radius 1 is 1.19 bits per heavy atom. The number of carbonyl (C=O) groups is 4. The highest BCUT2D eigenvalue weighted by Crippen LogP contribution is 2.36. The number of carbonyl (C=O) groups excluding carboxylic acids is 4. The first-order valence-corrected chi connectivity index (χ1v) is 10.9. The minimum atomic E-state index is -0.918. The topological polar surface area (TPSA) is 123 Å². The van der Waals surface area contributed by atoms with Crippen LogP contribution >= 0.6 is 0 Å². The Morgan fingerprint density at radius 3 is 2.66 bits per heavy atom. The van der Waals surface area contributed by atoms with Crippen molar-refractivity contribution < 1.29 is 33.4 Å². The molecule has 172 valence electrons. The molecule has 4 rings (SSSR count). The number of amides is 4. The molecule has 1 spiro atoms. The van der Waals surface area contributed by atoms with Gasteiger partial charge in [-0.1, -0.05) is 6.92 Å². The lowest BCUT2D eigenvalue weighted by Gasteiger charge is -2.33. The fraction of sp³-hybridized carbons (Fsp3) is 0.545. The molecule has 4 amide bonds. The molecule has 2 heterocycles. The number of benzene rings is 1. The van der Waals surface area contributed by atoms with E-state index in [0.717, 1.165) is 24.2 Å². The van der Waals surface area contributed by atoms with E-state index in [-0.39, 0.29) is 0 Å². The van der Waals surface area contributed by atoms with Crippen LogP contribution in [0, 0.1) is 5.92 Å². The molecule has 1 aromatic rings. The standard InChI is InChI=1S/C22H27N3O7/c1-14-5-7-22(8-6-14)20(28)25(21(29)24-22)12-19(27)32-13-18(26)23-15-3-4-16-17(11-15)31-10-2-9-30-16/h3-4,11,14H,2,5-10,12-13H2,1H3,(H,23,26)(H,24,29). The van der Waals surface area contributed by atoms with Gasteiger partial charge < -0.3 is 24.8 Å². The molecule has 3 aliphatic rings. The van der Waals surface area contributed by atoms with Crippen LogP contribution in [-0.2, 0) is 19.1 Å². The third-order valence-electron chi connectivity index (χ3n) is 6.06. The van der Waals surface area contributed by atoms with Crippen LogP contribution < -0.4 is 20.1 Å². The second-order valence-corrected chi connectivity index (χ2v) is 8.51. The zero-order valence-electron chi connectivity index (χ0n) is 18.0. The average molecular weight is 445 g/mol. The summed E-state index contributed by atoms with van der Waals surface area (Å²) in [6.07, 6.45) is 3.56. The zero-order chi connectivity index (χ0) is 22.7. The van der Waals surface area contributed by atoms with Crippen LogP contribution in [0.5, 0.6) is 11.5 Å². The quantitative estimate of drug-likeness (QED) is 0.523. The lowest BCUT2D eigenvalue weighted by molar-refractivity contribution is -0.150. The van der Waals surface area contributed by atoms with Crippen LogP contribution in [0.1, 0.15) is 39.0 Å². The summed E-state index contributed by atoms with van der Waals surface area (Å²) < 4.78 is 16.1. The van der Waals surface area contributed by atoms with Gasteiger partial charge in [-0.05, 0) is 43.7 Å². The van der Waals surface area contributed by atoms with E-state index in [1.807, 2.05) is 0 Å². The van der Waals surface area contributed by atoms with Crippen LogP contribution in [0.25, 0.3) is 0 Å². The number of urea groups is 1. The number of hydrogen-bond acceptors (Lipinski definition) is 7. The first-order chi connectivity index (χ1) is 15.4. The molecule has 0 radical (unpaired) electrons. The first-order valence-electron chi connectivity index (χ1n) is 10.9. The molecule has 32 heavy (non-hydrogen) atoms. The number of hydrogen-bond donors (Lipinski definition) is 2. The van der Waals surface area contributed by atoms with E-state index in [9.17, 15) is 19.2 Å². The Hall–Kier alpha value is -3.30. The van der Waals surface area contributed by atoms with E-state index in [4.69, 9.17) is 14.2 Å². The molecular weight excluding hydrogens is 418 g/mol. The molecular formula is C22H27N3O7. The number of imide groups is 1. The van der Waals surface area contributed by atoms with Crippen LogP contribution in [0.15, 0.2) is 18.2 Å². The molecule has 2 N–H and O–H groups in total. The van der Waals surface area contributed by atoms with E-state index in [1.54, 1.807) is 18.2 Å². The molecule has 0 aromatic heterocycles. The minimum absolute atomic E-state index is 0.400. The number of anilines is 1. The van der Waals surface area contributed by atoms with Crippen molar-refractivity contribution in [2.75, 3.05) is 31.7 Å². The lowest BCUT2D eigenvalue weighted by Crippen LogP contribution is -2.49. The van der Waals surface area contributed by atoms with Crippen LogP contribution in [-0.4, -0.2) is 60.6 Å². The monoisotopic (exact) mass is 445 g/mol. The third kappa shape index (κ3) is 4.63. The summed E-state index contributed by atoms with van der Waals surface area (Å²) in [5.41, 5.74) is -0.448. The predicted molar refractivity (Wildman–Crippen MR) is 112 cm³/mol. The van der Waals surface area contributed by atoms with Crippen molar-refractivity contribution >= 4 is 29.5 Å². The van der Waals surface area contributed by atoms with Gasteiger partial charge in [-0.3, -0.25) is 19.3 Å². The summed E-state index contributed by atoms with van der Waals surface area (Å²) in [5.74, 6) is -0.150. The van der Waals surface area contributed by atoms with Gasteiger partial charge in [-0.15, -0.1) is 0 Å². The number of nitrogens with one attached hydrogen (secondary N) is 2. The molecule has 0 unspecified atom stereocenters. The summed E-state index contributed by atoms with van der Waals surface area (Å²) in [4.78, 5) is 50.3. The Balaban J connectivity index is 1.27. The van der Waals surface area contributed by atoms with E-state index in [2.05, 4.69) is 17.6 Å². The van der Waals surface area contributed by atoms with Crippen molar-refractivity contribution in [3.63, 3.8) is 0 Å². The van der Waals surface area contributed by atoms with Crippen molar-refractivity contribution in [3.8, 4) is 11.5 Å². The molecule has 1 aliphatic carbocycles. The summed E-state index contributed by atoms with van der Waals surface area (Å²) in [5, 5.41) is 5.37. The van der Waals surface area contributed by atoms with Gasteiger partial charge in [-0.2, -0.15) is 0 Å². The third-order valence-corrected chi connectivity index (χ3v) is 6.06. The maximum Gasteiger partial charge on any atom is 0.326 e. The molecule has 2 aliphatic heterocycles. The Labute approximate surface area is 185 Å². The van der Waals surface area contributed by atoms with E-state index < -0.39 is 42.5 Å². The first kappa shape index (κ1) is 21.9. The van der Waals surface area contributed by atoms with Crippen LogP contribution in [0.2, 0.25) is 0 Å². The van der Waals surface area contributed by atoms with Crippen molar-refractivity contribution in [1.82, 2.24) is 10.2 Å². The maximum atomic E-state index is 12.8. The number of ether oxygens (including phenoxy) is 3. The zero-order valence-corrected chi connectivity index (χ0v) is 18.0. The van der Waals surface area contributed by atoms with Gasteiger partial charge in [0.05, 0.1) is 13.2 Å². The molecule has 10 heteroatoms. The van der Waals surface area contributed by atoms with Crippen LogP contribution in [0.4, 0.5) is 10.5 Å². The normalized spacial score (nSPS) is 24.7. The van der Waals surface area contributed by atoms with Gasteiger partial charge in [-0.25, -0.2) is 4.79 Å². The highest BCUT2D eigenvalue weighted by atomic mass is 16.5. The Morgan fingerprint density at radius 2 is 1.91 bits per heavy atom. The number of nitrogens with zero attached hydrogens (tertiary/aromatic N) is 1. The highest BCUT2D eigenvalue weighted by molar-refractivity contribution is 6.08. The van der Waals surface area contributed by atoms with E-state index >= 15 is 0 Å². The van der Waals surface area contributed by atoms with Gasteiger partial charge in [0.1, 0.15) is 12.1 Å². The second-order valence-electron chi connectivity index (χ2n) is 8.51. The molecule has 0 bridgehead atoms. The van der Waals surface area contributed by atoms with Crippen molar-refractivity contribution in [1.29, 1.82) is 0 Å². The van der Waals surface area contributed by atoms with Crippen molar-refractivity contribution in [2.24, 2.45) is 5.92 Å². The number of rotatable bonds is 5. The summed E-state index contributed by atoms with van der Waals surface area (Å²) >= 11 is 0. The largest absolute Gasteiger partial charge is 0.490 e. The molecule has 10 nitrogen and oxygen atoms in total. The fourth-order valence-corrected chi connectivity index (χ4v) is 4.17. The fourth-order valence-electron chi connectivity index (χ4n) is 4.17. The molecule has 1 aromatic carbocycles. The average Bonchev–Trinajstić information content (AvgIpc) is 2.93. The predicted octanol–water partition coefficient (Wildman–Crippen LogP) is 1.83. The van der Waals surface area contributed by atoms with Gasteiger partial charge >= 0.3 is 12.0 Å². The number of esters is 1. The van der Waals surface area contributed by atoms with Crippen molar-refractivity contribution in [3.05, 3.63) is 18.2 Å². The maximum absolute atomic E-state index is 12.8. The summed E-state index contributed by atoms with van der Waals surface area (Å²) in [6, 6.07) is 4.39. The smallest absolute Gasteiger partial charge is 0.326 e. The summed E-state index contributed by atoms with van der Waals surface area (Å²) in [7, 11) is 0. The molecule has 1 saturated carbocycles. The second kappa shape index (κ2) is 9.05. The lowest BCUT2D eigenvalue weighted by atomic mass is 9.77. The molecule has 0 atom stereocenters. The SMILES string of the molecule is CC1CCC2(CC1)NC(=O)N(CC(=O)OCC(=O)Nc1ccc3c(c1)OCCCO3)C2=O. The minimum Gasteiger partial charge on any atom is -0.490 e.